The Hall–Kier alpha value is -1.98. The first kappa shape index (κ1) is 22.3. The number of nitrogens with one attached hydrogen (secondary N) is 2. The van der Waals surface area contributed by atoms with Crippen molar-refractivity contribution in [2.45, 2.75) is 51.9 Å². The van der Waals surface area contributed by atoms with Gasteiger partial charge in [-0.25, -0.2) is 18.6 Å². The number of rotatable bonds is 6. The van der Waals surface area contributed by atoms with Crippen molar-refractivity contribution >= 4 is 36.6 Å². The highest BCUT2D eigenvalue weighted by atomic mass is 32.1. The Balaban J connectivity index is 2.09. The van der Waals surface area contributed by atoms with Gasteiger partial charge in [0.25, 0.3) is 6.43 Å². The fourth-order valence-corrected chi connectivity index (χ4v) is 3.48. The molecule has 28 heavy (non-hydrogen) atoms. The molecular formula is C17H23F3N4O2SSi. The van der Waals surface area contributed by atoms with Gasteiger partial charge in [-0.3, -0.25) is 5.32 Å². The molecule has 2 aromatic rings. The largest absolute Gasteiger partial charge is 0.412 e. The van der Waals surface area contributed by atoms with Crippen LogP contribution in [0.15, 0.2) is 18.3 Å². The van der Waals surface area contributed by atoms with E-state index in [9.17, 15) is 18.0 Å². The monoisotopic (exact) mass is 432 g/mol. The lowest BCUT2D eigenvalue weighted by molar-refractivity contribution is 0.147. The molecule has 2 heterocycles. The van der Waals surface area contributed by atoms with Gasteiger partial charge in [-0.15, -0.1) is 0 Å². The van der Waals surface area contributed by atoms with Crippen LogP contribution >= 0.6 is 11.5 Å². The van der Waals surface area contributed by atoms with Crippen molar-refractivity contribution in [1.82, 2.24) is 9.36 Å². The molecule has 0 bridgehead atoms. The second-order valence-corrected chi connectivity index (χ2v) is 13.3. The summed E-state index contributed by atoms with van der Waals surface area (Å²) in [6.07, 6.45) is -1.41. The molecule has 0 aliphatic rings. The van der Waals surface area contributed by atoms with E-state index in [1.165, 1.54) is 6.20 Å². The lowest BCUT2D eigenvalue weighted by atomic mass is 10.2. The minimum atomic E-state index is -2.72. The molecule has 0 fully saturated rings. The molecule has 0 radical (unpaired) electrons. The SMILES string of the molecule is CC(C)(C)[Si](C)(C)OCc1cnc(F)cc1NC(=O)Nc1cc(C(F)F)ns1. The summed E-state index contributed by atoms with van der Waals surface area (Å²) < 4.78 is 48.4. The zero-order valence-corrected chi connectivity index (χ0v) is 18.1. The maximum Gasteiger partial charge on any atom is 0.324 e. The Bertz CT molecular complexity index is 840. The molecule has 2 N–H and O–H groups in total. The second-order valence-electron chi connectivity index (χ2n) is 7.71. The lowest BCUT2D eigenvalue weighted by Crippen LogP contribution is -2.40. The van der Waals surface area contributed by atoms with Crippen LogP contribution in [-0.4, -0.2) is 23.7 Å². The van der Waals surface area contributed by atoms with Crippen molar-refractivity contribution in [2.75, 3.05) is 10.6 Å². The first-order valence-electron chi connectivity index (χ1n) is 8.50. The smallest absolute Gasteiger partial charge is 0.324 e. The highest BCUT2D eigenvalue weighted by Crippen LogP contribution is 2.37. The Labute approximate surface area is 166 Å². The first-order valence-corrected chi connectivity index (χ1v) is 12.2. The molecule has 11 heteroatoms. The summed E-state index contributed by atoms with van der Waals surface area (Å²) in [6.45, 7) is 10.6. The standard InChI is InChI=1S/C17H23F3N4O2SSi/c1-17(2,3)28(4,5)26-9-10-8-21-13(18)6-11(10)22-16(25)23-14-7-12(15(19)20)24-27-14/h6-8,15H,9H2,1-5H3,(H2,21,22,23,25). The zero-order valence-electron chi connectivity index (χ0n) is 16.3. The van der Waals surface area contributed by atoms with Crippen LogP contribution in [0.25, 0.3) is 0 Å². The minimum Gasteiger partial charge on any atom is -0.412 e. The van der Waals surface area contributed by atoms with Crippen molar-refractivity contribution in [2.24, 2.45) is 0 Å². The number of amides is 2. The Kier molecular flexibility index (Phi) is 6.83. The van der Waals surface area contributed by atoms with E-state index in [-0.39, 0.29) is 22.3 Å². The number of alkyl halides is 2. The van der Waals surface area contributed by atoms with Crippen LogP contribution < -0.4 is 10.6 Å². The molecule has 2 rings (SSSR count). The van der Waals surface area contributed by atoms with E-state index in [2.05, 4.69) is 53.9 Å². The van der Waals surface area contributed by atoms with Gasteiger partial charge in [0.2, 0.25) is 5.95 Å². The molecule has 6 nitrogen and oxygen atoms in total. The van der Waals surface area contributed by atoms with Crippen molar-refractivity contribution in [1.29, 1.82) is 0 Å². The van der Waals surface area contributed by atoms with Gasteiger partial charge in [0.15, 0.2) is 8.32 Å². The van der Waals surface area contributed by atoms with Gasteiger partial charge in [0.1, 0.15) is 10.7 Å². The van der Waals surface area contributed by atoms with Gasteiger partial charge < -0.3 is 9.74 Å². The van der Waals surface area contributed by atoms with Crippen LogP contribution in [0, 0.1) is 5.95 Å². The van der Waals surface area contributed by atoms with Crippen molar-refractivity contribution in [3.63, 3.8) is 0 Å². The summed E-state index contributed by atoms with van der Waals surface area (Å²) in [4.78, 5) is 15.8. The number of hydrogen-bond acceptors (Lipinski definition) is 5. The molecular weight excluding hydrogens is 409 g/mol. The number of halogens is 3. The molecule has 154 valence electrons. The molecule has 0 aromatic carbocycles. The number of anilines is 2. The van der Waals surface area contributed by atoms with E-state index >= 15 is 0 Å². The van der Waals surface area contributed by atoms with Crippen LogP contribution in [0.5, 0.6) is 0 Å². The van der Waals surface area contributed by atoms with E-state index in [4.69, 9.17) is 4.43 Å². The van der Waals surface area contributed by atoms with Gasteiger partial charge >= 0.3 is 6.03 Å². The fraction of sp³-hybridized carbons (Fsp3) is 0.471. The summed E-state index contributed by atoms with van der Waals surface area (Å²) in [6, 6.07) is 1.47. The number of carbonyl (C=O) groups excluding carboxylic acids is 1. The maximum atomic E-state index is 13.6. The predicted molar refractivity (Wildman–Crippen MR) is 106 cm³/mol. The van der Waals surface area contributed by atoms with E-state index in [0.717, 1.165) is 23.7 Å². The molecule has 0 aliphatic heterocycles. The lowest BCUT2D eigenvalue weighted by Gasteiger charge is -2.36. The van der Waals surface area contributed by atoms with Crippen molar-refractivity contribution in [3.05, 3.63) is 35.5 Å². The summed E-state index contributed by atoms with van der Waals surface area (Å²) in [5, 5.41) is 5.06. The summed E-state index contributed by atoms with van der Waals surface area (Å²) >= 11 is 0.733. The predicted octanol–water partition coefficient (Wildman–Crippen LogP) is 5.78. The Morgan fingerprint density at radius 3 is 2.54 bits per heavy atom. The third-order valence-electron chi connectivity index (χ3n) is 4.58. The van der Waals surface area contributed by atoms with Crippen LogP contribution in [0.2, 0.25) is 18.1 Å². The maximum absolute atomic E-state index is 13.6. The first-order chi connectivity index (χ1) is 12.9. The zero-order chi connectivity index (χ0) is 21.1. The fourth-order valence-electron chi connectivity index (χ4n) is 1.88. The van der Waals surface area contributed by atoms with Gasteiger partial charge in [-0.05, 0) is 29.7 Å². The molecule has 0 atom stereocenters. The number of nitrogens with zero attached hydrogens (tertiary/aromatic N) is 2. The van der Waals surface area contributed by atoms with Crippen molar-refractivity contribution in [3.8, 4) is 0 Å². The van der Waals surface area contributed by atoms with Crippen LogP contribution in [0.3, 0.4) is 0 Å². The third-order valence-corrected chi connectivity index (χ3v) is 9.78. The number of hydrogen-bond donors (Lipinski definition) is 2. The van der Waals surface area contributed by atoms with E-state index in [0.29, 0.717) is 5.56 Å². The number of urea groups is 1. The number of carbonyl (C=O) groups is 1. The third kappa shape index (κ3) is 5.76. The van der Waals surface area contributed by atoms with Gasteiger partial charge in [0.05, 0.1) is 12.3 Å². The molecule has 0 unspecified atom stereocenters. The normalized spacial score (nSPS) is 12.3. The van der Waals surface area contributed by atoms with Gasteiger partial charge in [0, 0.05) is 23.9 Å². The topological polar surface area (TPSA) is 76.1 Å². The average molecular weight is 433 g/mol. The summed E-state index contributed by atoms with van der Waals surface area (Å²) in [5.41, 5.74) is 0.292. The van der Waals surface area contributed by atoms with E-state index in [1.54, 1.807) is 0 Å². The number of aromatic nitrogens is 2. The Morgan fingerprint density at radius 1 is 1.29 bits per heavy atom. The van der Waals surface area contributed by atoms with Crippen LogP contribution in [0.1, 0.15) is 38.5 Å². The van der Waals surface area contributed by atoms with Crippen molar-refractivity contribution < 1.29 is 22.4 Å². The number of pyridine rings is 1. The summed E-state index contributed by atoms with van der Waals surface area (Å²) in [5.74, 6) is -0.760. The van der Waals surface area contributed by atoms with Crippen LogP contribution in [-0.2, 0) is 11.0 Å². The highest BCUT2D eigenvalue weighted by Gasteiger charge is 2.37. The molecule has 0 saturated heterocycles. The molecule has 2 aromatic heterocycles. The Morgan fingerprint density at radius 2 is 1.96 bits per heavy atom. The highest BCUT2D eigenvalue weighted by molar-refractivity contribution is 7.10. The van der Waals surface area contributed by atoms with Gasteiger partial charge in [-0.2, -0.15) is 8.76 Å². The summed E-state index contributed by atoms with van der Waals surface area (Å²) in [7, 11) is -2.06. The van der Waals surface area contributed by atoms with E-state index in [1.807, 2.05) is 0 Å². The average Bonchev–Trinajstić information content (AvgIpc) is 3.01. The van der Waals surface area contributed by atoms with E-state index < -0.39 is 32.4 Å². The van der Waals surface area contributed by atoms with Crippen LogP contribution in [0.4, 0.5) is 28.7 Å². The molecule has 2 amide bonds. The molecule has 0 saturated carbocycles. The van der Waals surface area contributed by atoms with Gasteiger partial charge in [-0.1, -0.05) is 20.8 Å². The molecule has 0 aliphatic carbocycles. The quantitative estimate of drug-likeness (QED) is 0.448. The minimum absolute atomic E-state index is 0.0139. The molecule has 0 spiro atoms. The second kappa shape index (κ2) is 8.58.